The molecule has 0 amide bonds. The summed E-state index contributed by atoms with van der Waals surface area (Å²) < 4.78 is 7.62. The van der Waals surface area contributed by atoms with Gasteiger partial charge in [-0.1, -0.05) is 23.8 Å². The highest BCUT2D eigenvalue weighted by atomic mass is 79.9. The number of carbonyl (C=O) groups is 1. The maximum atomic E-state index is 11.7. The molecule has 7 heteroatoms. The number of aromatic nitrogens is 3. The van der Waals surface area contributed by atoms with E-state index in [0.717, 1.165) is 20.1 Å². The van der Waals surface area contributed by atoms with Gasteiger partial charge in [0.05, 0.1) is 34.4 Å². The average Bonchev–Trinajstić information content (AvgIpc) is 3.16. The Bertz CT molecular complexity index is 872. The smallest absolute Gasteiger partial charge is 0.341 e. The fourth-order valence-corrected chi connectivity index (χ4v) is 3.73. The second kappa shape index (κ2) is 7.27. The minimum atomic E-state index is -0.360. The molecule has 0 aliphatic carbocycles. The van der Waals surface area contributed by atoms with Crippen LogP contribution in [-0.2, 0) is 11.3 Å². The summed E-state index contributed by atoms with van der Waals surface area (Å²) in [5.41, 5.74) is 3.63. The van der Waals surface area contributed by atoms with Gasteiger partial charge in [0.25, 0.3) is 0 Å². The molecular formula is C17H16BrN3O2S. The first-order valence-electron chi connectivity index (χ1n) is 7.48. The van der Waals surface area contributed by atoms with Crippen molar-refractivity contribution in [3.05, 3.63) is 57.3 Å². The molecule has 0 fully saturated rings. The Labute approximate surface area is 152 Å². The van der Waals surface area contributed by atoms with E-state index in [1.807, 2.05) is 6.07 Å². The fourth-order valence-electron chi connectivity index (χ4n) is 2.26. The van der Waals surface area contributed by atoms with Crippen molar-refractivity contribution < 1.29 is 9.53 Å². The van der Waals surface area contributed by atoms with Crippen LogP contribution in [0, 0.1) is 6.92 Å². The van der Waals surface area contributed by atoms with E-state index in [1.165, 1.54) is 11.8 Å². The number of thiazole rings is 1. The molecule has 0 N–H and O–H groups in total. The molecule has 0 spiro atoms. The lowest BCUT2D eigenvalue weighted by molar-refractivity contribution is 0.0526. The topological polar surface area (TPSA) is 57.0 Å². The van der Waals surface area contributed by atoms with Gasteiger partial charge in [-0.15, -0.1) is 11.3 Å². The van der Waals surface area contributed by atoms with Crippen molar-refractivity contribution in [1.82, 2.24) is 14.8 Å². The summed E-state index contributed by atoms with van der Waals surface area (Å²) in [7, 11) is 0. The largest absolute Gasteiger partial charge is 0.462 e. The first-order chi connectivity index (χ1) is 11.6. The molecule has 0 atom stereocenters. The summed E-state index contributed by atoms with van der Waals surface area (Å²) >= 11 is 5.16. The minimum Gasteiger partial charge on any atom is -0.462 e. The predicted molar refractivity (Wildman–Crippen MR) is 97.3 cm³/mol. The van der Waals surface area contributed by atoms with E-state index >= 15 is 0 Å². The summed E-state index contributed by atoms with van der Waals surface area (Å²) in [6.45, 7) is 4.68. The highest BCUT2D eigenvalue weighted by Gasteiger charge is 2.14. The summed E-state index contributed by atoms with van der Waals surface area (Å²) in [6, 6.07) is 8.25. The van der Waals surface area contributed by atoms with Gasteiger partial charge in [-0.3, -0.25) is 4.68 Å². The molecular weight excluding hydrogens is 390 g/mol. The minimum absolute atomic E-state index is 0.349. The zero-order valence-corrected chi connectivity index (χ0v) is 15.7. The molecule has 0 saturated carbocycles. The number of ether oxygens (including phenoxy) is 1. The quantitative estimate of drug-likeness (QED) is 0.593. The number of benzene rings is 1. The highest BCUT2D eigenvalue weighted by Crippen LogP contribution is 2.32. The van der Waals surface area contributed by atoms with Crippen molar-refractivity contribution in [1.29, 1.82) is 0 Å². The van der Waals surface area contributed by atoms with Crippen molar-refractivity contribution in [3.63, 3.8) is 0 Å². The van der Waals surface area contributed by atoms with E-state index in [4.69, 9.17) is 9.72 Å². The van der Waals surface area contributed by atoms with Gasteiger partial charge in [-0.25, -0.2) is 9.78 Å². The SMILES string of the molecule is CCOC(=O)c1cnn(Cc2nc(-c3cccc(C)c3)sc2Br)c1. The van der Waals surface area contributed by atoms with Crippen LogP contribution >= 0.6 is 27.3 Å². The van der Waals surface area contributed by atoms with Gasteiger partial charge in [-0.2, -0.15) is 5.10 Å². The van der Waals surface area contributed by atoms with Crippen LogP contribution in [0.2, 0.25) is 0 Å². The molecule has 2 heterocycles. The molecule has 1 aromatic carbocycles. The third kappa shape index (κ3) is 3.73. The van der Waals surface area contributed by atoms with Crippen molar-refractivity contribution in [2.24, 2.45) is 0 Å². The maximum absolute atomic E-state index is 11.7. The Hall–Kier alpha value is -1.99. The molecule has 3 rings (SSSR count). The number of halogens is 1. The van der Waals surface area contributed by atoms with Gasteiger partial charge in [0.1, 0.15) is 5.01 Å². The van der Waals surface area contributed by atoms with Gasteiger partial charge < -0.3 is 4.74 Å². The summed E-state index contributed by atoms with van der Waals surface area (Å²) in [4.78, 5) is 16.4. The van der Waals surface area contributed by atoms with Gasteiger partial charge in [-0.05, 0) is 35.8 Å². The average molecular weight is 406 g/mol. The molecule has 0 bridgehead atoms. The Balaban J connectivity index is 1.80. The third-order valence-corrected chi connectivity index (χ3v) is 5.25. The molecule has 124 valence electrons. The Morgan fingerprint density at radius 2 is 2.25 bits per heavy atom. The normalized spacial score (nSPS) is 10.8. The van der Waals surface area contributed by atoms with Crippen LogP contribution in [-0.4, -0.2) is 27.3 Å². The number of rotatable bonds is 5. The lowest BCUT2D eigenvalue weighted by Gasteiger charge is -1.99. The second-order valence-corrected chi connectivity index (χ2v) is 7.57. The van der Waals surface area contributed by atoms with E-state index in [0.29, 0.717) is 18.7 Å². The molecule has 2 aromatic heterocycles. The van der Waals surface area contributed by atoms with Crippen molar-refractivity contribution in [2.45, 2.75) is 20.4 Å². The lowest BCUT2D eigenvalue weighted by atomic mass is 10.1. The molecule has 0 aliphatic rings. The number of esters is 1. The van der Waals surface area contributed by atoms with Crippen LogP contribution in [0.1, 0.15) is 28.5 Å². The number of nitrogens with zero attached hydrogens (tertiary/aromatic N) is 3. The molecule has 24 heavy (non-hydrogen) atoms. The third-order valence-electron chi connectivity index (χ3n) is 3.37. The van der Waals surface area contributed by atoms with Crippen LogP contribution in [0.25, 0.3) is 10.6 Å². The standard InChI is InChI=1S/C17H16BrN3O2S/c1-3-23-17(22)13-8-19-21(9-13)10-14-15(18)24-16(20-14)12-6-4-5-11(2)7-12/h4-9H,3,10H2,1-2H3. The van der Waals surface area contributed by atoms with E-state index in [1.54, 1.807) is 29.1 Å². The van der Waals surface area contributed by atoms with Gasteiger partial charge >= 0.3 is 5.97 Å². The number of hydrogen-bond donors (Lipinski definition) is 0. The zero-order chi connectivity index (χ0) is 17.1. The number of aryl methyl sites for hydroxylation is 1. The molecule has 0 aliphatic heterocycles. The van der Waals surface area contributed by atoms with Crippen molar-refractivity contribution in [2.75, 3.05) is 6.61 Å². The van der Waals surface area contributed by atoms with E-state index in [9.17, 15) is 4.79 Å². The molecule has 3 aromatic rings. The van der Waals surface area contributed by atoms with Crippen LogP contribution in [0.5, 0.6) is 0 Å². The van der Waals surface area contributed by atoms with E-state index < -0.39 is 0 Å². The Kier molecular flexibility index (Phi) is 5.11. The van der Waals surface area contributed by atoms with Crippen LogP contribution in [0.4, 0.5) is 0 Å². The monoisotopic (exact) mass is 405 g/mol. The molecule has 0 radical (unpaired) electrons. The fraction of sp³-hybridized carbons (Fsp3) is 0.235. The van der Waals surface area contributed by atoms with E-state index in [-0.39, 0.29) is 5.97 Å². The van der Waals surface area contributed by atoms with Gasteiger partial charge in [0.2, 0.25) is 0 Å². The van der Waals surface area contributed by atoms with Gasteiger partial charge in [0, 0.05) is 11.8 Å². The molecule has 5 nitrogen and oxygen atoms in total. The summed E-state index contributed by atoms with van der Waals surface area (Å²) in [5.74, 6) is -0.360. The number of hydrogen-bond acceptors (Lipinski definition) is 5. The molecule has 0 saturated heterocycles. The Morgan fingerprint density at radius 3 is 3.00 bits per heavy atom. The maximum Gasteiger partial charge on any atom is 0.341 e. The van der Waals surface area contributed by atoms with Crippen molar-refractivity contribution >= 4 is 33.2 Å². The van der Waals surface area contributed by atoms with Gasteiger partial charge in [0.15, 0.2) is 0 Å². The van der Waals surface area contributed by atoms with Crippen LogP contribution in [0.15, 0.2) is 40.4 Å². The highest BCUT2D eigenvalue weighted by molar-refractivity contribution is 9.11. The summed E-state index contributed by atoms with van der Waals surface area (Å²) in [5, 5.41) is 5.17. The zero-order valence-electron chi connectivity index (χ0n) is 13.3. The predicted octanol–water partition coefficient (Wildman–Crippen LogP) is 4.30. The lowest BCUT2D eigenvalue weighted by Crippen LogP contribution is -2.04. The van der Waals surface area contributed by atoms with Crippen LogP contribution in [0.3, 0.4) is 0 Å². The van der Waals surface area contributed by atoms with E-state index in [2.05, 4.69) is 46.2 Å². The van der Waals surface area contributed by atoms with Crippen LogP contribution < -0.4 is 0 Å². The second-order valence-electron chi connectivity index (χ2n) is 5.26. The molecule has 0 unspecified atom stereocenters. The first-order valence-corrected chi connectivity index (χ1v) is 9.09. The summed E-state index contributed by atoms with van der Waals surface area (Å²) in [6.07, 6.45) is 3.19. The van der Waals surface area contributed by atoms with Crippen molar-refractivity contribution in [3.8, 4) is 10.6 Å². The number of carbonyl (C=O) groups excluding carboxylic acids is 1. The first kappa shape index (κ1) is 16.9. The Morgan fingerprint density at radius 1 is 1.42 bits per heavy atom.